The van der Waals surface area contributed by atoms with Crippen LogP contribution in [0, 0.1) is 5.82 Å². The summed E-state index contributed by atoms with van der Waals surface area (Å²) in [5, 5.41) is 3.36. The Kier molecular flexibility index (Phi) is 9.24. The fraction of sp³-hybridized carbons (Fsp3) is 0.310. The zero-order chi connectivity index (χ0) is 28.0. The highest BCUT2D eigenvalue weighted by Gasteiger charge is 2.33. The first-order chi connectivity index (χ1) is 18.7. The maximum absolute atomic E-state index is 14.6. The number of sulfonamides is 1. The van der Waals surface area contributed by atoms with Crippen molar-refractivity contribution in [1.82, 2.24) is 10.2 Å². The molecule has 39 heavy (non-hydrogen) atoms. The van der Waals surface area contributed by atoms with E-state index in [4.69, 9.17) is 11.6 Å². The average Bonchev–Trinajstić information content (AvgIpc) is 3.44. The van der Waals surface area contributed by atoms with E-state index in [2.05, 4.69) is 5.32 Å². The molecule has 1 aliphatic carbocycles. The third-order valence-electron chi connectivity index (χ3n) is 6.89. The molecule has 3 aromatic carbocycles. The number of halogens is 2. The Bertz CT molecular complexity index is 1400. The van der Waals surface area contributed by atoms with Crippen molar-refractivity contribution < 1.29 is 22.4 Å². The van der Waals surface area contributed by atoms with Crippen molar-refractivity contribution in [3.05, 3.63) is 95.3 Å². The SMILES string of the molecule is C[C@@H](C(=O)NC1CCCC1)N(Cc1ccccc1F)C(=O)CN(c1ccccc1)S(=O)(=O)c1ccc(Cl)cc1. The number of amides is 2. The van der Waals surface area contributed by atoms with E-state index >= 15 is 0 Å². The molecule has 10 heteroatoms. The number of nitrogens with zero attached hydrogens (tertiary/aromatic N) is 2. The van der Waals surface area contributed by atoms with Crippen LogP contribution in [0.5, 0.6) is 0 Å². The number of hydrogen-bond donors (Lipinski definition) is 1. The normalized spacial score (nSPS) is 14.5. The summed E-state index contributed by atoms with van der Waals surface area (Å²) in [7, 11) is -4.19. The van der Waals surface area contributed by atoms with Crippen molar-refractivity contribution >= 4 is 39.1 Å². The van der Waals surface area contributed by atoms with Gasteiger partial charge in [-0.2, -0.15) is 0 Å². The summed E-state index contributed by atoms with van der Waals surface area (Å²) in [6, 6.07) is 18.9. The second-order valence-electron chi connectivity index (χ2n) is 9.58. The van der Waals surface area contributed by atoms with Gasteiger partial charge in [0.15, 0.2) is 0 Å². The number of carbonyl (C=O) groups excluding carboxylic acids is 2. The van der Waals surface area contributed by atoms with Gasteiger partial charge in [0.2, 0.25) is 11.8 Å². The summed E-state index contributed by atoms with van der Waals surface area (Å²) in [5.41, 5.74) is 0.493. The van der Waals surface area contributed by atoms with Crippen molar-refractivity contribution in [2.45, 2.75) is 56.1 Å². The first-order valence-corrected chi connectivity index (χ1v) is 14.6. The quantitative estimate of drug-likeness (QED) is 0.365. The molecule has 7 nitrogen and oxygen atoms in total. The van der Waals surface area contributed by atoms with Crippen LogP contribution in [0.15, 0.2) is 83.8 Å². The van der Waals surface area contributed by atoms with Gasteiger partial charge in [0.1, 0.15) is 18.4 Å². The Morgan fingerprint density at radius 1 is 0.974 bits per heavy atom. The lowest BCUT2D eigenvalue weighted by Crippen LogP contribution is -2.52. The Morgan fingerprint density at radius 2 is 1.59 bits per heavy atom. The molecule has 0 heterocycles. The molecule has 0 unspecified atom stereocenters. The number of nitrogens with one attached hydrogen (secondary N) is 1. The van der Waals surface area contributed by atoms with Crippen molar-refractivity contribution in [2.24, 2.45) is 0 Å². The minimum absolute atomic E-state index is 0.0245. The minimum Gasteiger partial charge on any atom is -0.352 e. The van der Waals surface area contributed by atoms with Crippen molar-refractivity contribution in [1.29, 1.82) is 0 Å². The summed E-state index contributed by atoms with van der Waals surface area (Å²) >= 11 is 5.96. The molecule has 1 aliphatic rings. The van der Waals surface area contributed by atoms with Gasteiger partial charge in [0, 0.05) is 23.2 Å². The van der Waals surface area contributed by atoms with Crippen LogP contribution in [0.2, 0.25) is 5.02 Å². The molecular formula is C29H31ClFN3O4S. The molecule has 0 bridgehead atoms. The van der Waals surface area contributed by atoms with Crippen molar-refractivity contribution in [3.8, 4) is 0 Å². The summed E-state index contributed by atoms with van der Waals surface area (Å²) in [5.74, 6) is -1.53. The van der Waals surface area contributed by atoms with Gasteiger partial charge in [-0.1, -0.05) is 60.8 Å². The summed E-state index contributed by atoms with van der Waals surface area (Å²) < 4.78 is 43.1. The standard InChI is InChI=1S/C29H31ClFN3O4S/c1-21(29(36)32-24-10-6-7-11-24)33(19-22-9-5-8-14-27(22)31)28(35)20-34(25-12-3-2-4-13-25)39(37,38)26-17-15-23(30)16-18-26/h2-5,8-9,12-18,21,24H,6-7,10-11,19-20H2,1H3,(H,32,36)/t21-/m0/s1. The van der Waals surface area contributed by atoms with Crippen LogP contribution < -0.4 is 9.62 Å². The molecule has 0 aliphatic heterocycles. The van der Waals surface area contributed by atoms with Gasteiger partial charge in [0.05, 0.1) is 10.6 Å². The highest BCUT2D eigenvalue weighted by Crippen LogP contribution is 2.26. The topological polar surface area (TPSA) is 86.8 Å². The van der Waals surface area contributed by atoms with Gasteiger partial charge < -0.3 is 10.2 Å². The highest BCUT2D eigenvalue weighted by molar-refractivity contribution is 7.92. The Morgan fingerprint density at radius 3 is 2.23 bits per heavy atom. The molecule has 3 aromatic rings. The van der Waals surface area contributed by atoms with E-state index in [1.54, 1.807) is 43.3 Å². The van der Waals surface area contributed by atoms with E-state index in [-0.39, 0.29) is 34.6 Å². The van der Waals surface area contributed by atoms with Crippen molar-refractivity contribution in [3.63, 3.8) is 0 Å². The zero-order valence-corrected chi connectivity index (χ0v) is 23.2. The number of benzene rings is 3. The molecule has 1 N–H and O–H groups in total. The minimum atomic E-state index is -4.19. The Hall–Kier alpha value is -3.43. The van der Waals surface area contributed by atoms with Crippen LogP contribution in [0.1, 0.15) is 38.2 Å². The number of anilines is 1. The lowest BCUT2D eigenvalue weighted by molar-refractivity contribution is -0.139. The van der Waals surface area contributed by atoms with Gasteiger partial charge >= 0.3 is 0 Å². The van der Waals surface area contributed by atoms with Gasteiger partial charge in [-0.25, -0.2) is 12.8 Å². The van der Waals surface area contributed by atoms with E-state index in [1.165, 1.54) is 47.4 Å². The summed E-state index contributed by atoms with van der Waals surface area (Å²) in [6.07, 6.45) is 3.76. The summed E-state index contributed by atoms with van der Waals surface area (Å²) in [4.78, 5) is 28.2. The van der Waals surface area contributed by atoms with Crippen LogP contribution in [0.4, 0.5) is 10.1 Å². The monoisotopic (exact) mass is 571 g/mol. The second-order valence-corrected chi connectivity index (χ2v) is 11.9. The Labute approximate surface area is 233 Å². The van der Waals surface area contributed by atoms with Gasteiger partial charge in [-0.3, -0.25) is 13.9 Å². The molecule has 0 aromatic heterocycles. The molecule has 4 rings (SSSR count). The van der Waals surface area contributed by atoms with Gasteiger partial charge in [-0.15, -0.1) is 0 Å². The van der Waals surface area contributed by atoms with E-state index in [1.807, 2.05) is 0 Å². The maximum atomic E-state index is 14.6. The van der Waals surface area contributed by atoms with E-state index in [9.17, 15) is 22.4 Å². The molecule has 206 valence electrons. The van der Waals surface area contributed by atoms with E-state index in [0.29, 0.717) is 5.02 Å². The largest absolute Gasteiger partial charge is 0.352 e. The highest BCUT2D eigenvalue weighted by atomic mass is 35.5. The molecular weight excluding hydrogens is 541 g/mol. The molecule has 1 saturated carbocycles. The molecule has 1 fully saturated rings. The van der Waals surface area contributed by atoms with Crippen LogP contribution in [0.25, 0.3) is 0 Å². The lowest BCUT2D eigenvalue weighted by Gasteiger charge is -2.32. The molecule has 0 radical (unpaired) electrons. The van der Waals surface area contributed by atoms with Gasteiger partial charge in [-0.05, 0) is 62.2 Å². The molecule has 0 saturated heterocycles. The third kappa shape index (κ3) is 6.96. The van der Waals surface area contributed by atoms with E-state index < -0.39 is 34.3 Å². The fourth-order valence-corrected chi connectivity index (χ4v) is 6.18. The zero-order valence-electron chi connectivity index (χ0n) is 21.6. The van der Waals surface area contributed by atoms with Crippen LogP contribution in [-0.4, -0.2) is 43.8 Å². The Balaban J connectivity index is 1.67. The predicted octanol–water partition coefficient (Wildman–Crippen LogP) is 5.15. The molecule has 1 atom stereocenters. The predicted molar refractivity (Wildman–Crippen MR) is 149 cm³/mol. The third-order valence-corrected chi connectivity index (χ3v) is 8.93. The molecule has 0 spiro atoms. The van der Waals surface area contributed by atoms with Gasteiger partial charge in [0.25, 0.3) is 10.0 Å². The number of carbonyl (C=O) groups is 2. The second kappa shape index (κ2) is 12.6. The van der Waals surface area contributed by atoms with Crippen LogP contribution >= 0.6 is 11.6 Å². The fourth-order valence-electron chi connectivity index (χ4n) is 4.64. The number of rotatable bonds is 10. The number of para-hydroxylation sites is 1. The smallest absolute Gasteiger partial charge is 0.264 e. The van der Waals surface area contributed by atoms with Crippen LogP contribution in [0.3, 0.4) is 0 Å². The average molecular weight is 572 g/mol. The first kappa shape index (κ1) is 28.6. The number of hydrogen-bond acceptors (Lipinski definition) is 4. The maximum Gasteiger partial charge on any atom is 0.264 e. The van der Waals surface area contributed by atoms with E-state index in [0.717, 1.165) is 30.0 Å². The molecule has 2 amide bonds. The first-order valence-electron chi connectivity index (χ1n) is 12.8. The summed E-state index contributed by atoms with van der Waals surface area (Å²) in [6.45, 7) is 0.780. The lowest BCUT2D eigenvalue weighted by atomic mass is 10.1. The van der Waals surface area contributed by atoms with Crippen molar-refractivity contribution in [2.75, 3.05) is 10.8 Å². The van der Waals surface area contributed by atoms with Crippen LogP contribution in [-0.2, 0) is 26.2 Å².